The van der Waals surface area contributed by atoms with Gasteiger partial charge in [0.05, 0.1) is 36.5 Å². The van der Waals surface area contributed by atoms with Gasteiger partial charge in [-0.15, -0.1) is 0 Å². The molecule has 4 heterocycles. The minimum atomic E-state index is -0.966. The van der Waals surface area contributed by atoms with Crippen LogP contribution >= 0.6 is 15.9 Å². The second kappa shape index (κ2) is 11.3. The number of imidazole rings is 2. The molecule has 2 atom stereocenters. The summed E-state index contributed by atoms with van der Waals surface area (Å²) in [7, 11) is 1.26. The van der Waals surface area contributed by atoms with Crippen LogP contribution in [0.2, 0.25) is 0 Å². The smallest absolute Gasteiger partial charge is 0.407 e. The number of nitrogens with zero attached hydrogens (tertiary/aromatic N) is 4. The van der Waals surface area contributed by atoms with E-state index in [0.29, 0.717) is 22.8 Å². The molecule has 0 aliphatic carbocycles. The fourth-order valence-corrected chi connectivity index (χ4v) is 5.81. The summed E-state index contributed by atoms with van der Waals surface area (Å²) >= 11 is 3.62. The van der Waals surface area contributed by atoms with Crippen LogP contribution in [-0.2, 0) is 4.74 Å². The van der Waals surface area contributed by atoms with Gasteiger partial charge in [0.1, 0.15) is 22.2 Å². The van der Waals surface area contributed by atoms with Crippen LogP contribution in [0.1, 0.15) is 28.2 Å². The maximum absolute atomic E-state index is 13.8. The number of aromatic nitrogens is 5. The number of hydrogen-bond acceptors (Lipinski definition) is 6. The van der Waals surface area contributed by atoms with Crippen molar-refractivity contribution in [1.29, 1.82) is 0 Å². The summed E-state index contributed by atoms with van der Waals surface area (Å²) in [6, 6.07) is 27.5. The molecule has 3 aromatic heterocycles. The molecule has 10 nitrogen and oxygen atoms in total. The van der Waals surface area contributed by atoms with Gasteiger partial charge in [0.15, 0.2) is 5.82 Å². The number of halogens is 1. The van der Waals surface area contributed by atoms with Crippen LogP contribution in [0.5, 0.6) is 5.75 Å². The Morgan fingerprint density at radius 1 is 0.977 bits per heavy atom. The van der Waals surface area contributed by atoms with Crippen molar-refractivity contribution in [3.05, 3.63) is 125 Å². The molecule has 3 aromatic carbocycles. The van der Waals surface area contributed by atoms with Crippen LogP contribution in [0, 0.1) is 0 Å². The standard InChI is InChI=1S/C33H25BrN6O4/c1-43-33(42)38-28(20-9-4-2-5-10-20)31(41)39-16-8-13-25(39)29-35-18-24(37-29)22-14-15-23-26(17-22)44-32(21-11-6-3-7-12-21)40-27(34)19-36-30(23)40/h2-19,28,32H,1H3,(H,35,37)(H,38,42)/t28?,32-/m0/s1. The first-order valence-electron chi connectivity index (χ1n) is 13.8. The highest BCUT2D eigenvalue weighted by Crippen LogP contribution is 2.43. The lowest BCUT2D eigenvalue weighted by atomic mass is 10.1. The number of carbonyl (C=O) groups excluding carboxylic acids is 2. The molecular formula is C33H25BrN6O4. The SMILES string of the molecule is COC(=O)NC(C(=O)n1cccc1-c1ncc(-c2ccc3c(c2)O[C@@H](c2ccccc2)n2c(Br)cnc2-3)[nH]1)c1ccccc1. The first-order valence-corrected chi connectivity index (χ1v) is 14.6. The summed E-state index contributed by atoms with van der Waals surface area (Å²) in [5, 5.41) is 2.65. The summed E-state index contributed by atoms with van der Waals surface area (Å²) in [6.45, 7) is 0. The average molecular weight is 650 g/mol. The second-order valence-electron chi connectivity index (χ2n) is 10.1. The maximum atomic E-state index is 13.8. The number of hydrogen-bond donors (Lipinski definition) is 2. The molecule has 6 aromatic rings. The van der Waals surface area contributed by atoms with Crippen molar-refractivity contribution < 1.29 is 19.1 Å². The van der Waals surface area contributed by atoms with E-state index in [9.17, 15) is 9.59 Å². The molecule has 1 unspecified atom stereocenters. The lowest BCUT2D eigenvalue weighted by Gasteiger charge is -2.29. The highest BCUT2D eigenvalue weighted by atomic mass is 79.9. The number of fused-ring (bicyclic) bond motifs is 3. The highest BCUT2D eigenvalue weighted by Gasteiger charge is 2.30. The van der Waals surface area contributed by atoms with Crippen molar-refractivity contribution in [2.24, 2.45) is 0 Å². The normalized spacial score (nSPS) is 14.2. The molecule has 0 spiro atoms. The van der Waals surface area contributed by atoms with Crippen molar-refractivity contribution in [2.45, 2.75) is 12.3 Å². The highest BCUT2D eigenvalue weighted by molar-refractivity contribution is 9.10. The molecule has 1 aliphatic rings. The molecule has 218 valence electrons. The van der Waals surface area contributed by atoms with Crippen molar-refractivity contribution in [1.82, 2.24) is 29.4 Å². The van der Waals surface area contributed by atoms with E-state index < -0.39 is 18.4 Å². The Kier molecular flexibility index (Phi) is 7.07. The molecule has 0 radical (unpaired) electrons. The fraction of sp³-hybridized carbons (Fsp3) is 0.0909. The van der Waals surface area contributed by atoms with Crippen molar-refractivity contribution in [3.8, 4) is 39.9 Å². The van der Waals surface area contributed by atoms with Gasteiger partial charge in [-0.2, -0.15) is 0 Å². The number of alkyl carbamates (subject to hydrolysis) is 1. The quantitative estimate of drug-likeness (QED) is 0.204. The summed E-state index contributed by atoms with van der Waals surface area (Å²) in [5.74, 6) is 1.61. The average Bonchev–Trinajstić information content (AvgIpc) is 3.84. The van der Waals surface area contributed by atoms with Crippen LogP contribution in [-0.4, -0.2) is 43.2 Å². The molecule has 1 aliphatic heterocycles. The summed E-state index contributed by atoms with van der Waals surface area (Å²) in [6.07, 6.45) is 4.03. The van der Waals surface area contributed by atoms with Gasteiger partial charge >= 0.3 is 6.09 Å². The van der Waals surface area contributed by atoms with Crippen LogP contribution in [0.4, 0.5) is 4.79 Å². The zero-order chi connectivity index (χ0) is 30.2. The topological polar surface area (TPSA) is 116 Å². The Labute approximate surface area is 260 Å². The van der Waals surface area contributed by atoms with E-state index in [2.05, 4.69) is 36.2 Å². The molecule has 7 rings (SSSR count). The third-order valence-corrected chi connectivity index (χ3v) is 8.06. The number of nitrogens with one attached hydrogen (secondary N) is 2. The van der Waals surface area contributed by atoms with E-state index in [4.69, 9.17) is 9.47 Å². The Hall–Kier alpha value is -5.42. The number of methoxy groups -OCH3 is 1. The lowest BCUT2D eigenvalue weighted by Crippen LogP contribution is -2.36. The monoisotopic (exact) mass is 648 g/mol. The zero-order valence-corrected chi connectivity index (χ0v) is 24.9. The van der Waals surface area contributed by atoms with Crippen molar-refractivity contribution in [3.63, 3.8) is 0 Å². The van der Waals surface area contributed by atoms with Gasteiger partial charge in [0.2, 0.25) is 6.23 Å². The molecule has 2 N–H and O–H groups in total. The first-order chi connectivity index (χ1) is 21.5. The Morgan fingerprint density at radius 2 is 1.75 bits per heavy atom. The minimum Gasteiger partial charge on any atom is -0.465 e. The number of benzene rings is 3. The maximum Gasteiger partial charge on any atom is 0.407 e. The third-order valence-electron chi connectivity index (χ3n) is 7.48. The summed E-state index contributed by atoms with van der Waals surface area (Å²) < 4.78 is 15.6. The van der Waals surface area contributed by atoms with Gasteiger partial charge in [-0.1, -0.05) is 66.7 Å². The second-order valence-corrected chi connectivity index (χ2v) is 10.9. The number of H-pyrrole nitrogens is 1. The molecule has 11 heteroatoms. The van der Waals surface area contributed by atoms with Crippen molar-refractivity contribution >= 4 is 27.9 Å². The van der Waals surface area contributed by atoms with E-state index >= 15 is 0 Å². The molecule has 0 fully saturated rings. The molecular weight excluding hydrogens is 624 g/mol. The van der Waals surface area contributed by atoms with Gasteiger partial charge in [-0.05, 0) is 45.8 Å². The van der Waals surface area contributed by atoms with E-state index in [1.165, 1.54) is 11.7 Å². The van der Waals surface area contributed by atoms with E-state index in [1.54, 1.807) is 55.0 Å². The van der Waals surface area contributed by atoms with Gasteiger partial charge in [-0.3, -0.25) is 13.9 Å². The van der Waals surface area contributed by atoms with Gasteiger partial charge in [0.25, 0.3) is 5.91 Å². The summed E-state index contributed by atoms with van der Waals surface area (Å²) in [5.41, 5.74) is 4.62. The van der Waals surface area contributed by atoms with Crippen LogP contribution in [0.15, 0.2) is 114 Å². The number of carbonyl (C=O) groups is 2. The largest absolute Gasteiger partial charge is 0.465 e. The molecule has 0 bridgehead atoms. The number of rotatable bonds is 6. The molecule has 1 amide bonds. The fourth-order valence-electron chi connectivity index (χ4n) is 5.36. The first kappa shape index (κ1) is 27.4. The van der Waals surface area contributed by atoms with Crippen LogP contribution < -0.4 is 10.1 Å². The summed E-state index contributed by atoms with van der Waals surface area (Å²) in [4.78, 5) is 38.5. The number of ether oxygens (including phenoxy) is 2. The minimum absolute atomic E-state index is 0.365. The predicted octanol–water partition coefficient (Wildman–Crippen LogP) is 6.85. The van der Waals surface area contributed by atoms with E-state index in [1.807, 2.05) is 59.2 Å². The van der Waals surface area contributed by atoms with E-state index in [-0.39, 0.29) is 5.91 Å². The predicted molar refractivity (Wildman–Crippen MR) is 167 cm³/mol. The van der Waals surface area contributed by atoms with Gasteiger partial charge in [-0.25, -0.2) is 14.8 Å². The van der Waals surface area contributed by atoms with Gasteiger partial charge in [0, 0.05) is 17.3 Å². The van der Waals surface area contributed by atoms with Gasteiger partial charge < -0.3 is 19.8 Å². The van der Waals surface area contributed by atoms with E-state index in [0.717, 1.165) is 32.8 Å². The number of aromatic amines is 1. The Bertz CT molecular complexity index is 1980. The zero-order valence-electron chi connectivity index (χ0n) is 23.3. The molecule has 0 saturated carbocycles. The molecule has 0 saturated heterocycles. The Morgan fingerprint density at radius 3 is 2.52 bits per heavy atom. The van der Waals surface area contributed by atoms with Crippen LogP contribution in [0.3, 0.4) is 0 Å². The Balaban J connectivity index is 1.21. The third kappa shape index (κ3) is 4.86. The number of amides is 1. The van der Waals surface area contributed by atoms with Crippen molar-refractivity contribution in [2.75, 3.05) is 7.11 Å². The molecule has 44 heavy (non-hydrogen) atoms. The lowest BCUT2D eigenvalue weighted by molar-refractivity contribution is 0.0851. The van der Waals surface area contributed by atoms with Crippen LogP contribution in [0.25, 0.3) is 34.2 Å².